The minimum absolute atomic E-state index is 0.0443. The molecule has 24 heavy (non-hydrogen) atoms. The minimum Gasteiger partial charge on any atom is -0.497 e. The molecule has 2 N–H and O–H groups in total. The Hall–Kier alpha value is -2.08. The third-order valence-electron chi connectivity index (χ3n) is 4.23. The molecule has 6 nitrogen and oxygen atoms in total. The Bertz CT molecular complexity index is 554. The number of carbonyl (C=O) groups excluding carboxylic acids is 2. The van der Waals surface area contributed by atoms with Crippen molar-refractivity contribution in [1.29, 1.82) is 0 Å². The van der Waals surface area contributed by atoms with Gasteiger partial charge in [0.1, 0.15) is 5.75 Å². The maximum absolute atomic E-state index is 12.2. The number of piperidine rings is 1. The molecule has 0 spiro atoms. The van der Waals surface area contributed by atoms with Crippen LogP contribution in [0, 0.1) is 5.92 Å². The summed E-state index contributed by atoms with van der Waals surface area (Å²) >= 11 is 0. The Morgan fingerprint density at radius 2 is 2.04 bits per heavy atom. The summed E-state index contributed by atoms with van der Waals surface area (Å²) in [6.07, 6.45) is 2.57. The van der Waals surface area contributed by atoms with Gasteiger partial charge in [-0.15, -0.1) is 0 Å². The molecule has 1 aliphatic heterocycles. The molecule has 1 aromatic carbocycles. The normalized spacial score (nSPS) is 15.8. The number of rotatable bonds is 7. The maximum Gasteiger partial charge on any atom is 0.238 e. The number of carbonyl (C=O) groups is 2. The molecular weight excluding hydrogens is 306 g/mol. The molecule has 1 fully saturated rings. The van der Waals surface area contributed by atoms with Crippen LogP contribution in [-0.4, -0.2) is 50.0 Å². The van der Waals surface area contributed by atoms with Crippen molar-refractivity contribution in [2.75, 3.05) is 38.6 Å². The van der Waals surface area contributed by atoms with E-state index in [1.54, 1.807) is 13.2 Å². The molecule has 0 unspecified atom stereocenters. The molecule has 2 amide bonds. The van der Waals surface area contributed by atoms with Gasteiger partial charge in [0, 0.05) is 24.2 Å². The highest BCUT2D eigenvalue weighted by atomic mass is 16.5. The van der Waals surface area contributed by atoms with Crippen LogP contribution in [0.15, 0.2) is 24.3 Å². The Balaban J connectivity index is 1.74. The Morgan fingerprint density at radius 3 is 2.71 bits per heavy atom. The minimum atomic E-state index is -0.0443. The predicted octanol–water partition coefficient (Wildman–Crippen LogP) is 1.87. The molecule has 0 saturated carbocycles. The van der Waals surface area contributed by atoms with E-state index < -0.39 is 0 Å². The number of hydrogen-bond acceptors (Lipinski definition) is 4. The molecule has 1 aromatic rings. The Morgan fingerprint density at radius 1 is 1.29 bits per heavy atom. The third kappa shape index (κ3) is 5.53. The lowest BCUT2D eigenvalue weighted by molar-refractivity contribution is -0.126. The molecule has 0 aromatic heterocycles. The molecule has 1 aliphatic rings. The molecule has 0 aliphatic carbocycles. The van der Waals surface area contributed by atoms with E-state index >= 15 is 0 Å². The highest BCUT2D eigenvalue weighted by Gasteiger charge is 2.25. The molecule has 1 saturated heterocycles. The summed E-state index contributed by atoms with van der Waals surface area (Å²) in [6, 6.07) is 7.31. The van der Waals surface area contributed by atoms with Crippen LogP contribution in [0.2, 0.25) is 0 Å². The predicted molar refractivity (Wildman–Crippen MR) is 94.1 cm³/mol. The van der Waals surface area contributed by atoms with Crippen molar-refractivity contribution in [2.24, 2.45) is 5.92 Å². The van der Waals surface area contributed by atoms with Crippen LogP contribution in [0.3, 0.4) is 0 Å². The van der Waals surface area contributed by atoms with Gasteiger partial charge in [0.15, 0.2) is 0 Å². The molecule has 2 rings (SSSR count). The first-order valence-electron chi connectivity index (χ1n) is 8.56. The van der Waals surface area contributed by atoms with Crippen LogP contribution in [-0.2, 0) is 9.59 Å². The van der Waals surface area contributed by atoms with Crippen LogP contribution in [0.25, 0.3) is 0 Å². The summed E-state index contributed by atoms with van der Waals surface area (Å²) in [4.78, 5) is 26.2. The van der Waals surface area contributed by atoms with E-state index in [9.17, 15) is 9.59 Å². The van der Waals surface area contributed by atoms with E-state index in [0.717, 1.165) is 44.6 Å². The molecule has 132 valence electrons. The lowest BCUT2D eigenvalue weighted by Gasteiger charge is -2.30. The second kappa shape index (κ2) is 9.27. The van der Waals surface area contributed by atoms with Crippen LogP contribution in [0.1, 0.15) is 26.2 Å². The van der Waals surface area contributed by atoms with Crippen molar-refractivity contribution >= 4 is 17.5 Å². The summed E-state index contributed by atoms with van der Waals surface area (Å²) in [5.74, 6) is 0.899. The first-order chi connectivity index (χ1) is 11.6. The van der Waals surface area contributed by atoms with Crippen molar-refractivity contribution in [3.8, 4) is 5.75 Å². The number of anilines is 1. The number of hydrogen-bond donors (Lipinski definition) is 2. The second-order valence-electron chi connectivity index (χ2n) is 6.12. The fraction of sp³-hybridized carbons (Fsp3) is 0.556. The third-order valence-corrected chi connectivity index (χ3v) is 4.23. The van der Waals surface area contributed by atoms with Gasteiger partial charge in [0.05, 0.1) is 13.7 Å². The second-order valence-corrected chi connectivity index (χ2v) is 6.12. The van der Waals surface area contributed by atoms with Crippen molar-refractivity contribution in [3.05, 3.63) is 24.3 Å². The molecule has 1 heterocycles. The fourth-order valence-electron chi connectivity index (χ4n) is 2.85. The van der Waals surface area contributed by atoms with E-state index in [2.05, 4.69) is 15.5 Å². The summed E-state index contributed by atoms with van der Waals surface area (Å²) < 4.78 is 5.15. The molecular formula is C18H27N3O3. The van der Waals surface area contributed by atoms with Gasteiger partial charge in [-0.2, -0.15) is 0 Å². The first kappa shape index (κ1) is 18.3. The van der Waals surface area contributed by atoms with Crippen LogP contribution in [0.4, 0.5) is 5.69 Å². The van der Waals surface area contributed by atoms with Gasteiger partial charge in [-0.05, 0) is 44.5 Å². The number of nitrogens with zero attached hydrogens (tertiary/aromatic N) is 1. The quantitative estimate of drug-likeness (QED) is 0.799. The van der Waals surface area contributed by atoms with E-state index in [1.807, 2.05) is 25.1 Å². The molecule has 0 atom stereocenters. The smallest absolute Gasteiger partial charge is 0.238 e. The average molecular weight is 333 g/mol. The van der Waals surface area contributed by atoms with Crippen molar-refractivity contribution in [3.63, 3.8) is 0 Å². The Labute approximate surface area is 143 Å². The van der Waals surface area contributed by atoms with E-state index in [-0.39, 0.29) is 17.7 Å². The highest BCUT2D eigenvalue weighted by molar-refractivity contribution is 5.92. The van der Waals surface area contributed by atoms with Crippen LogP contribution in [0.5, 0.6) is 5.75 Å². The zero-order valence-electron chi connectivity index (χ0n) is 14.5. The monoisotopic (exact) mass is 333 g/mol. The van der Waals surface area contributed by atoms with Gasteiger partial charge in [-0.25, -0.2) is 0 Å². The van der Waals surface area contributed by atoms with Gasteiger partial charge in [0.25, 0.3) is 0 Å². The van der Waals surface area contributed by atoms with E-state index in [4.69, 9.17) is 4.74 Å². The number of nitrogens with one attached hydrogen (secondary N) is 2. The number of ether oxygens (including phenoxy) is 1. The van der Waals surface area contributed by atoms with Gasteiger partial charge in [-0.3, -0.25) is 14.5 Å². The largest absolute Gasteiger partial charge is 0.497 e. The van der Waals surface area contributed by atoms with E-state index in [1.165, 1.54) is 0 Å². The zero-order valence-corrected chi connectivity index (χ0v) is 14.5. The summed E-state index contributed by atoms with van der Waals surface area (Å²) in [6.45, 7) is 4.68. The van der Waals surface area contributed by atoms with Crippen molar-refractivity contribution < 1.29 is 14.3 Å². The van der Waals surface area contributed by atoms with Gasteiger partial charge in [0.2, 0.25) is 11.8 Å². The number of benzene rings is 1. The SMILES string of the molecule is CCCNC(=O)C1CCN(CC(=O)Nc2cccc(OC)c2)CC1. The van der Waals surface area contributed by atoms with E-state index in [0.29, 0.717) is 12.3 Å². The van der Waals surface area contributed by atoms with Crippen LogP contribution < -0.4 is 15.4 Å². The lowest BCUT2D eigenvalue weighted by atomic mass is 9.96. The molecule has 0 bridgehead atoms. The average Bonchev–Trinajstić information content (AvgIpc) is 2.60. The number of likely N-dealkylation sites (tertiary alicyclic amines) is 1. The summed E-state index contributed by atoms with van der Waals surface area (Å²) in [5, 5.41) is 5.84. The van der Waals surface area contributed by atoms with Crippen LogP contribution >= 0.6 is 0 Å². The molecule has 6 heteroatoms. The summed E-state index contributed by atoms with van der Waals surface area (Å²) in [7, 11) is 1.60. The Kier molecular flexibility index (Phi) is 7.06. The first-order valence-corrected chi connectivity index (χ1v) is 8.56. The molecule has 0 radical (unpaired) electrons. The van der Waals surface area contributed by atoms with Gasteiger partial charge >= 0.3 is 0 Å². The zero-order chi connectivity index (χ0) is 17.4. The standard InChI is InChI=1S/C18H27N3O3/c1-3-9-19-18(23)14-7-10-21(11-8-14)13-17(22)20-15-5-4-6-16(12-15)24-2/h4-6,12,14H,3,7-11,13H2,1-2H3,(H,19,23)(H,20,22). The maximum atomic E-state index is 12.2. The van der Waals surface area contributed by atoms with Gasteiger partial charge < -0.3 is 15.4 Å². The lowest BCUT2D eigenvalue weighted by Crippen LogP contribution is -2.43. The highest BCUT2D eigenvalue weighted by Crippen LogP contribution is 2.19. The summed E-state index contributed by atoms with van der Waals surface area (Å²) in [5.41, 5.74) is 0.730. The number of methoxy groups -OCH3 is 1. The van der Waals surface area contributed by atoms with Crippen molar-refractivity contribution in [2.45, 2.75) is 26.2 Å². The van der Waals surface area contributed by atoms with Crippen molar-refractivity contribution in [1.82, 2.24) is 10.2 Å². The topological polar surface area (TPSA) is 70.7 Å². The van der Waals surface area contributed by atoms with Gasteiger partial charge in [-0.1, -0.05) is 13.0 Å². The fourth-order valence-corrected chi connectivity index (χ4v) is 2.85. The number of amides is 2.